The van der Waals surface area contributed by atoms with Gasteiger partial charge in [-0.05, 0) is 37.7 Å². The summed E-state index contributed by atoms with van der Waals surface area (Å²) >= 11 is 0. The topological polar surface area (TPSA) is 74.6 Å². The summed E-state index contributed by atoms with van der Waals surface area (Å²) in [7, 11) is 0. The molecule has 0 heterocycles. The van der Waals surface area contributed by atoms with Gasteiger partial charge < -0.3 is 10.2 Å². The standard InChI is InChI=1S/C20H30O4/c1-2-3-6-10-17(21)13-14-18-16(12-15-19(18)22)9-7-4-5-8-11-20(23)24/h4,7,12,14,17,21H,2-3,5-6,8-11,13,15H2,1H3,(H,23,24)/b7-4-,18-14?. The predicted molar refractivity (Wildman–Crippen MR) is 95.8 cm³/mol. The van der Waals surface area contributed by atoms with Crippen molar-refractivity contribution in [1.82, 2.24) is 0 Å². The fraction of sp³-hybridized carbons (Fsp3) is 0.600. The van der Waals surface area contributed by atoms with Crippen molar-refractivity contribution >= 4 is 11.8 Å². The van der Waals surface area contributed by atoms with Crippen molar-refractivity contribution in [1.29, 1.82) is 0 Å². The second-order valence-corrected chi connectivity index (χ2v) is 6.32. The Balaban J connectivity index is 2.40. The van der Waals surface area contributed by atoms with Gasteiger partial charge in [0, 0.05) is 18.4 Å². The van der Waals surface area contributed by atoms with E-state index in [0.717, 1.165) is 43.3 Å². The Kier molecular flexibility index (Phi) is 10.0. The molecule has 2 N–H and O–H groups in total. The lowest BCUT2D eigenvalue weighted by Gasteiger charge is -2.08. The first-order valence-electron chi connectivity index (χ1n) is 9.02. The Hall–Kier alpha value is -1.68. The quantitative estimate of drug-likeness (QED) is 0.316. The van der Waals surface area contributed by atoms with Gasteiger partial charge in [0.1, 0.15) is 0 Å². The minimum atomic E-state index is -0.768. The van der Waals surface area contributed by atoms with Crippen molar-refractivity contribution in [2.45, 2.75) is 77.2 Å². The number of carbonyl (C=O) groups excluding carboxylic acids is 1. The summed E-state index contributed by atoms with van der Waals surface area (Å²) in [6, 6.07) is 0. The van der Waals surface area contributed by atoms with Crippen LogP contribution in [0, 0.1) is 0 Å². The molecule has 1 rings (SSSR count). The fourth-order valence-corrected chi connectivity index (χ4v) is 2.75. The molecule has 0 bridgehead atoms. The number of rotatable bonds is 12. The molecule has 0 saturated heterocycles. The number of carbonyl (C=O) groups is 2. The van der Waals surface area contributed by atoms with E-state index in [1.165, 1.54) is 0 Å². The molecule has 1 unspecified atom stereocenters. The van der Waals surface area contributed by atoms with Crippen LogP contribution in [0.3, 0.4) is 0 Å². The molecule has 1 aliphatic rings. The van der Waals surface area contributed by atoms with Crippen molar-refractivity contribution in [3.63, 3.8) is 0 Å². The van der Waals surface area contributed by atoms with Gasteiger partial charge in [0.05, 0.1) is 6.10 Å². The highest BCUT2D eigenvalue weighted by molar-refractivity contribution is 6.03. The summed E-state index contributed by atoms with van der Waals surface area (Å²) < 4.78 is 0. The van der Waals surface area contributed by atoms with E-state index < -0.39 is 5.97 Å². The molecule has 0 spiro atoms. The van der Waals surface area contributed by atoms with E-state index in [0.29, 0.717) is 25.7 Å². The number of allylic oxidation sites excluding steroid dienone is 5. The minimum Gasteiger partial charge on any atom is -0.481 e. The summed E-state index contributed by atoms with van der Waals surface area (Å²) in [5, 5.41) is 18.6. The number of aliphatic hydroxyl groups excluding tert-OH is 1. The SMILES string of the molecule is CCCCCC(O)CC=C1C(=O)CC=C1C/C=C\CCCC(=O)O. The number of hydrogen-bond acceptors (Lipinski definition) is 3. The number of ketones is 1. The lowest BCUT2D eigenvalue weighted by molar-refractivity contribution is -0.137. The van der Waals surface area contributed by atoms with Gasteiger partial charge in [-0.25, -0.2) is 0 Å². The monoisotopic (exact) mass is 334 g/mol. The molecule has 0 radical (unpaired) electrons. The molecular formula is C20H30O4. The van der Waals surface area contributed by atoms with Gasteiger partial charge in [-0.15, -0.1) is 0 Å². The van der Waals surface area contributed by atoms with Crippen LogP contribution >= 0.6 is 0 Å². The van der Waals surface area contributed by atoms with E-state index in [2.05, 4.69) is 6.92 Å². The number of aliphatic carboxylic acids is 1. The third kappa shape index (κ3) is 8.25. The number of carboxylic acids is 1. The van der Waals surface area contributed by atoms with Crippen LogP contribution in [0.15, 0.2) is 35.5 Å². The fourth-order valence-electron chi connectivity index (χ4n) is 2.75. The van der Waals surface area contributed by atoms with E-state index in [1.807, 2.05) is 24.3 Å². The maximum atomic E-state index is 12.0. The van der Waals surface area contributed by atoms with Crippen molar-refractivity contribution in [3.05, 3.63) is 35.5 Å². The zero-order chi connectivity index (χ0) is 17.8. The summed E-state index contributed by atoms with van der Waals surface area (Å²) in [6.45, 7) is 2.14. The molecule has 24 heavy (non-hydrogen) atoms. The van der Waals surface area contributed by atoms with Crippen LogP contribution in [-0.2, 0) is 9.59 Å². The summed E-state index contributed by atoms with van der Waals surface area (Å²) in [5.74, 6) is -0.639. The molecule has 0 aliphatic heterocycles. The summed E-state index contributed by atoms with van der Waals surface area (Å²) in [6.07, 6.45) is 14.8. The van der Waals surface area contributed by atoms with E-state index in [4.69, 9.17) is 5.11 Å². The Bertz CT molecular complexity index is 500. The highest BCUT2D eigenvalue weighted by Crippen LogP contribution is 2.26. The van der Waals surface area contributed by atoms with Crippen molar-refractivity contribution < 1.29 is 19.8 Å². The number of unbranched alkanes of at least 4 members (excludes halogenated alkanes) is 3. The Labute approximate surface area is 145 Å². The van der Waals surface area contributed by atoms with Crippen LogP contribution in [0.5, 0.6) is 0 Å². The molecule has 0 aromatic rings. The smallest absolute Gasteiger partial charge is 0.303 e. The van der Waals surface area contributed by atoms with Crippen LogP contribution in [0.4, 0.5) is 0 Å². The Morgan fingerprint density at radius 1 is 1.29 bits per heavy atom. The van der Waals surface area contributed by atoms with Crippen molar-refractivity contribution in [3.8, 4) is 0 Å². The van der Waals surface area contributed by atoms with E-state index in [1.54, 1.807) is 0 Å². The van der Waals surface area contributed by atoms with Gasteiger partial charge in [0.15, 0.2) is 5.78 Å². The van der Waals surface area contributed by atoms with Gasteiger partial charge >= 0.3 is 5.97 Å². The highest BCUT2D eigenvalue weighted by atomic mass is 16.4. The largest absolute Gasteiger partial charge is 0.481 e. The van der Waals surface area contributed by atoms with Crippen LogP contribution in [0.2, 0.25) is 0 Å². The van der Waals surface area contributed by atoms with E-state index in [-0.39, 0.29) is 18.3 Å². The minimum absolute atomic E-state index is 0.130. The Morgan fingerprint density at radius 2 is 2.08 bits per heavy atom. The highest BCUT2D eigenvalue weighted by Gasteiger charge is 2.19. The van der Waals surface area contributed by atoms with Crippen LogP contribution < -0.4 is 0 Å². The van der Waals surface area contributed by atoms with Crippen LogP contribution in [0.1, 0.15) is 71.1 Å². The van der Waals surface area contributed by atoms with Gasteiger partial charge in [-0.3, -0.25) is 9.59 Å². The first-order valence-corrected chi connectivity index (χ1v) is 9.02. The predicted octanol–water partition coefficient (Wildman–Crippen LogP) is 4.34. The van der Waals surface area contributed by atoms with Crippen LogP contribution in [-0.4, -0.2) is 28.1 Å². The maximum absolute atomic E-state index is 12.0. The normalized spacial score (nSPS) is 17.7. The van der Waals surface area contributed by atoms with Crippen LogP contribution in [0.25, 0.3) is 0 Å². The number of Topliss-reactive ketones (excluding diaryl/α,β-unsaturated/α-hetero) is 1. The lowest BCUT2D eigenvalue weighted by Crippen LogP contribution is -2.06. The average Bonchev–Trinajstić information content (AvgIpc) is 2.89. The third-order valence-corrected chi connectivity index (χ3v) is 4.18. The molecule has 1 atom stereocenters. The molecule has 0 saturated carbocycles. The second kappa shape index (κ2) is 11.8. The molecule has 4 nitrogen and oxygen atoms in total. The van der Waals surface area contributed by atoms with Crippen molar-refractivity contribution in [2.24, 2.45) is 0 Å². The zero-order valence-electron chi connectivity index (χ0n) is 14.7. The first kappa shape index (κ1) is 20.4. The molecule has 0 fully saturated rings. The first-order chi connectivity index (χ1) is 11.5. The second-order valence-electron chi connectivity index (χ2n) is 6.32. The summed E-state index contributed by atoms with van der Waals surface area (Å²) in [5.41, 5.74) is 1.77. The van der Waals surface area contributed by atoms with E-state index >= 15 is 0 Å². The van der Waals surface area contributed by atoms with E-state index in [9.17, 15) is 14.7 Å². The zero-order valence-corrected chi connectivity index (χ0v) is 14.7. The van der Waals surface area contributed by atoms with Gasteiger partial charge in [-0.1, -0.05) is 50.5 Å². The molecule has 1 aliphatic carbocycles. The Morgan fingerprint density at radius 3 is 2.79 bits per heavy atom. The molecule has 0 aromatic carbocycles. The molecule has 4 heteroatoms. The molecule has 134 valence electrons. The van der Waals surface area contributed by atoms with Gasteiger partial charge in [-0.2, -0.15) is 0 Å². The van der Waals surface area contributed by atoms with Crippen molar-refractivity contribution in [2.75, 3.05) is 0 Å². The van der Waals surface area contributed by atoms with Gasteiger partial charge in [0.2, 0.25) is 0 Å². The number of carboxylic acid groups (broad SMARTS) is 1. The molecule has 0 aromatic heterocycles. The maximum Gasteiger partial charge on any atom is 0.303 e. The molecular weight excluding hydrogens is 304 g/mol. The average molecular weight is 334 g/mol. The number of hydrogen-bond donors (Lipinski definition) is 2. The summed E-state index contributed by atoms with van der Waals surface area (Å²) in [4.78, 5) is 22.4. The third-order valence-electron chi connectivity index (χ3n) is 4.18. The molecule has 0 amide bonds. The lowest BCUT2D eigenvalue weighted by atomic mass is 10.0. The number of aliphatic hydroxyl groups is 1. The van der Waals surface area contributed by atoms with Gasteiger partial charge in [0.25, 0.3) is 0 Å².